The van der Waals surface area contributed by atoms with E-state index < -0.39 is 32.5 Å². The molecule has 2 rings (SSSR count). The summed E-state index contributed by atoms with van der Waals surface area (Å²) in [5, 5.41) is 23.9. The molecule has 0 aliphatic heterocycles. The SMILES string of the molecule is C=CC(C)c1cc(C#N)c(F)c(C(C)C)c1CCNS(=O)(=O)c1ccc(S(N)(=O)=O)c(CO)c1. The second-order valence-corrected chi connectivity index (χ2v) is 11.4. The van der Waals surface area contributed by atoms with Gasteiger partial charge in [0.25, 0.3) is 0 Å². The van der Waals surface area contributed by atoms with Crippen LogP contribution >= 0.6 is 0 Å². The predicted octanol–water partition coefficient (Wildman–Crippen LogP) is 2.77. The van der Waals surface area contributed by atoms with Crippen molar-refractivity contribution in [2.45, 2.75) is 55.4 Å². The van der Waals surface area contributed by atoms with Crippen LogP contribution in [0.4, 0.5) is 4.39 Å². The number of nitrogens with one attached hydrogen (secondary N) is 1. The minimum absolute atomic E-state index is 0.0804. The Hall–Kier alpha value is -2.62. The zero-order valence-electron chi connectivity index (χ0n) is 19.2. The second kappa shape index (κ2) is 10.8. The number of aliphatic hydroxyl groups excluding tert-OH is 1. The number of allylic oxidation sites excluding steroid dienone is 1. The molecular formula is C23H28FN3O5S2. The van der Waals surface area contributed by atoms with Crippen LogP contribution in [0.1, 0.15) is 60.4 Å². The molecule has 34 heavy (non-hydrogen) atoms. The zero-order chi connectivity index (χ0) is 25.8. The third-order valence-electron chi connectivity index (χ3n) is 5.47. The topological polar surface area (TPSA) is 150 Å². The molecule has 0 heterocycles. The summed E-state index contributed by atoms with van der Waals surface area (Å²) >= 11 is 0. The number of hydrogen-bond acceptors (Lipinski definition) is 6. The summed E-state index contributed by atoms with van der Waals surface area (Å²) in [6.45, 7) is 8.39. The van der Waals surface area contributed by atoms with E-state index in [2.05, 4.69) is 11.3 Å². The average Bonchev–Trinajstić information content (AvgIpc) is 2.77. The van der Waals surface area contributed by atoms with Crippen LogP contribution in [0.3, 0.4) is 0 Å². The number of sulfonamides is 2. The second-order valence-electron chi connectivity index (χ2n) is 8.13. The summed E-state index contributed by atoms with van der Waals surface area (Å²) in [4.78, 5) is -0.620. The first-order chi connectivity index (χ1) is 15.8. The molecule has 0 aliphatic rings. The van der Waals surface area contributed by atoms with Gasteiger partial charge in [-0.25, -0.2) is 31.1 Å². The first-order valence-electron chi connectivity index (χ1n) is 10.4. The van der Waals surface area contributed by atoms with Gasteiger partial charge in [-0.15, -0.1) is 6.58 Å². The number of benzene rings is 2. The summed E-state index contributed by atoms with van der Waals surface area (Å²) in [7, 11) is -8.22. The standard InChI is InChI=1S/C23H28FN3O5S2/c1-5-15(4)20-11-16(12-25)23(24)22(14(2)3)19(20)8-9-27-34(31,32)18-6-7-21(33(26,29)30)17(10-18)13-28/h5-7,10-11,14-15,27-28H,1,8-9,13H2,2-4H3,(H2,26,29,30). The van der Waals surface area contributed by atoms with Crippen LogP contribution < -0.4 is 9.86 Å². The molecule has 0 spiro atoms. The first-order valence-corrected chi connectivity index (χ1v) is 13.5. The zero-order valence-corrected chi connectivity index (χ0v) is 20.8. The fraction of sp³-hybridized carbons (Fsp3) is 0.348. The van der Waals surface area contributed by atoms with Gasteiger partial charge in [0.2, 0.25) is 20.0 Å². The molecule has 0 fully saturated rings. The normalized spacial score (nSPS) is 13.0. The number of halogens is 1. The molecule has 0 aliphatic carbocycles. The van der Waals surface area contributed by atoms with E-state index in [-0.39, 0.29) is 45.7 Å². The molecule has 2 aromatic rings. The Balaban J connectivity index is 2.42. The maximum atomic E-state index is 15.0. The van der Waals surface area contributed by atoms with Gasteiger partial charge in [0.1, 0.15) is 11.9 Å². The van der Waals surface area contributed by atoms with Crippen LogP contribution in [-0.2, 0) is 33.1 Å². The first kappa shape index (κ1) is 27.6. The van der Waals surface area contributed by atoms with Crippen LogP contribution in [0.25, 0.3) is 0 Å². The number of nitriles is 1. The van der Waals surface area contributed by atoms with Crippen molar-refractivity contribution in [3.8, 4) is 6.07 Å². The van der Waals surface area contributed by atoms with Gasteiger partial charge in [-0.2, -0.15) is 5.26 Å². The lowest BCUT2D eigenvalue weighted by Gasteiger charge is -2.22. The minimum Gasteiger partial charge on any atom is -0.392 e. The molecule has 8 nitrogen and oxygen atoms in total. The van der Waals surface area contributed by atoms with Crippen LogP contribution in [-0.4, -0.2) is 28.5 Å². The van der Waals surface area contributed by atoms with Crippen molar-refractivity contribution in [1.82, 2.24) is 4.72 Å². The summed E-state index contributed by atoms with van der Waals surface area (Å²) in [5.74, 6) is -1.08. The summed E-state index contributed by atoms with van der Waals surface area (Å²) in [6.07, 6.45) is 1.81. The molecule has 1 atom stereocenters. The van der Waals surface area contributed by atoms with Crippen molar-refractivity contribution >= 4 is 20.0 Å². The summed E-state index contributed by atoms with van der Waals surface area (Å²) in [6, 6.07) is 6.47. The van der Waals surface area contributed by atoms with E-state index in [0.29, 0.717) is 16.7 Å². The van der Waals surface area contributed by atoms with Crippen molar-refractivity contribution < 1.29 is 26.3 Å². The van der Waals surface area contributed by atoms with Crippen molar-refractivity contribution in [2.75, 3.05) is 6.54 Å². The lowest BCUT2D eigenvalue weighted by atomic mass is 9.84. The quantitative estimate of drug-likeness (QED) is 0.419. The highest BCUT2D eigenvalue weighted by molar-refractivity contribution is 7.89. The summed E-state index contributed by atoms with van der Waals surface area (Å²) in [5.41, 5.74) is 1.41. The average molecular weight is 510 g/mol. The van der Waals surface area contributed by atoms with E-state index in [1.807, 2.05) is 13.0 Å². The lowest BCUT2D eigenvalue weighted by molar-refractivity contribution is 0.278. The highest BCUT2D eigenvalue weighted by atomic mass is 32.2. The smallest absolute Gasteiger partial charge is 0.240 e. The Bertz CT molecular complexity index is 1350. The Labute approximate surface area is 200 Å². The number of rotatable bonds is 10. The van der Waals surface area contributed by atoms with Crippen molar-refractivity contribution in [3.63, 3.8) is 0 Å². The largest absolute Gasteiger partial charge is 0.392 e. The molecule has 0 saturated carbocycles. The van der Waals surface area contributed by atoms with Gasteiger partial charge in [0.05, 0.1) is 22.0 Å². The number of hydrogen-bond donors (Lipinski definition) is 3. The maximum absolute atomic E-state index is 15.0. The van der Waals surface area contributed by atoms with Crippen molar-refractivity contribution in [2.24, 2.45) is 5.14 Å². The molecule has 2 aromatic carbocycles. The molecule has 0 radical (unpaired) electrons. The van der Waals surface area contributed by atoms with E-state index in [9.17, 15) is 27.2 Å². The van der Waals surface area contributed by atoms with Crippen LogP contribution in [0, 0.1) is 17.1 Å². The molecule has 1 unspecified atom stereocenters. The van der Waals surface area contributed by atoms with E-state index in [4.69, 9.17) is 5.14 Å². The molecule has 11 heteroatoms. The Morgan fingerprint density at radius 2 is 1.88 bits per heavy atom. The molecule has 0 bridgehead atoms. The third kappa shape index (κ3) is 5.89. The van der Waals surface area contributed by atoms with E-state index in [1.165, 1.54) is 6.07 Å². The van der Waals surface area contributed by atoms with Gasteiger partial charge in [0, 0.05) is 6.54 Å². The maximum Gasteiger partial charge on any atom is 0.240 e. The van der Waals surface area contributed by atoms with Gasteiger partial charge >= 0.3 is 0 Å². The molecule has 0 aromatic heterocycles. The Morgan fingerprint density at radius 3 is 2.38 bits per heavy atom. The molecule has 184 valence electrons. The number of primary sulfonamides is 1. The van der Waals surface area contributed by atoms with Gasteiger partial charge in [0.15, 0.2) is 0 Å². The minimum atomic E-state index is -4.14. The van der Waals surface area contributed by atoms with Crippen molar-refractivity contribution in [3.05, 3.63) is 70.6 Å². The van der Waals surface area contributed by atoms with E-state index in [0.717, 1.165) is 18.2 Å². The number of nitrogens with two attached hydrogens (primary N) is 1. The monoisotopic (exact) mass is 509 g/mol. The third-order valence-corrected chi connectivity index (χ3v) is 7.94. The van der Waals surface area contributed by atoms with Crippen LogP contribution in [0.15, 0.2) is 46.7 Å². The van der Waals surface area contributed by atoms with Crippen LogP contribution in [0.2, 0.25) is 0 Å². The van der Waals surface area contributed by atoms with Crippen molar-refractivity contribution in [1.29, 1.82) is 5.26 Å². The van der Waals surface area contributed by atoms with Gasteiger partial charge < -0.3 is 5.11 Å². The fourth-order valence-corrected chi connectivity index (χ4v) is 5.58. The van der Waals surface area contributed by atoms with Crippen LogP contribution in [0.5, 0.6) is 0 Å². The predicted molar refractivity (Wildman–Crippen MR) is 126 cm³/mol. The number of nitrogens with zero attached hydrogens (tertiary/aromatic N) is 1. The molecule has 0 saturated heterocycles. The fourth-order valence-electron chi connectivity index (χ4n) is 3.75. The Morgan fingerprint density at radius 1 is 1.24 bits per heavy atom. The number of aliphatic hydroxyl groups is 1. The van der Waals surface area contributed by atoms with Gasteiger partial charge in [-0.1, -0.05) is 26.8 Å². The lowest BCUT2D eigenvalue weighted by Crippen LogP contribution is -2.27. The Kier molecular flexibility index (Phi) is 8.74. The summed E-state index contributed by atoms with van der Waals surface area (Å²) < 4.78 is 66.3. The molecule has 4 N–H and O–H groups in total. The molecule has 0 amide bonds. The highest BCUT2D eigenvalue weighted by Crippen LogP contribution is 2.33. The highest BCUT2D eigenvalue weighted by Gasteiger charge is 2.24. The van der Waals surface area contributed by atoms with Gasteiger partial charge in [-0.05, 0) is 64.8 Å². The van der Waals surface area contributed by atoms with E-state index >= 15 is 4.39 Å². The molecular weight excluding hydrogens is 481 g/mol. The van der Waals surface area contributed by atoms with E-state index in [1.54, 1.807) is 19.9 Å². The van der Waals surface area contributed by atoms with Gasteiger partial charge in [-0.3, -0.25) is 0 Å².